The molecule has 4 heteroatoms. The molecule has 0 aromatic carbocycles. The fourth-order valence-corrected chi connectivity index (χ4v) is 1.41. The Labute approximate surface area is 103 Å². The van der Waals surface area contributed by atoms with Gasteiger partial charge in [-0.15, -0.1) is 0 Å². The highest BCUT2D eigenvalue weighted by molar-refractivity contribution is 5.78. The van der Waals surface area contributed by atoms with Gasteiger partial charge >= 0.3 is 0 Å². The molecule has 2 atom stereocenters. The van der Waals surface area contributed by atoms with E-state index in [0.717, 1.165) is 12.1 Å². The predicted molar refractivity (Wildman–Crippen MR) is 68.6 cm³/mol. The van der Waals surface area contributed by atoms with Gasteiger partial charge in [0.1, 0.15) is 0 Å². The van der Waals surface area contributed by atoms with Crippen LogP contribution in [0.25, 0.3) is 0 Å². The molecule has 4 nitrogen and oxygen atoms in total. The van der Waals surface area contributed by atoms with E-state index in [4.69, 9.17) is 0 Å². The van der Waals surface area contributed by atoms with Crippen LogP contribution in [0.5, 0.6) is 0 Å². The van der Waals surface area contributed by atoms with E-state index in [1.54, 1.807) is 6.20 Å². The Hall–Kier alpha value is -1.42. The highest BCUT2D eigenvalue weighted by Crippen LogP contribution is 2.06. The summed E-state index contributed by atoms with van der Waals surface area (Å²) >= 11 is 0. The molecule has 17 heavy (non-hydrogen) atoms. The summed E-state index contributed by atoms with van der Waals surface area (Å²) in [5.41, 5.74) is 0.948. The molecule has 0 aliphatic heterocycles. The van der Waals surface area contributed by atoms with Crippen LogP contribution in [0, 0.1) is 0 Å². The van der Waals surface area contributed by atoms with Gasteiger partial charge in [0.25, 0.3) is 0 Å². The maximum absolute atomic E-state index is 11.6. The second kappa shape index (κ2) is 7.01. The SMILES string of the molecule is CCC(C)NC(=O)CN[C@@H](C)c1ccccn1. The zero-order chi connectivity index (χ0) is 12.7. The van der Waals surface area contributed by atoms with Gasteiger partial charge in [0.2, 0.25) is 5.91 Å². The number of carbonyl (C=O) groups excluding carboxylic acids is 1. The van der Waals surface area contributed by atoms with Crippen molar-refractivity contribution in [2.45, 2.75) is 39.3 Å². The number of carbonyl (C=O) groups is 1. The van der Waals surface area contributed by atoms with Gasteiger partial charge in [0.05, 0.1) is 12.2 Å². The molecule has 0 saturated heterocycles. The van der Waals surface area contributed by atoms with Crippen LogP contribution in [0.1, 0.15) is 38.9 Å². The molecule has 94 valence electrons. The number of aromatic nitrogens is 1. The Bertz CT molecular complexity index is 340. The molecule has 0 bridgehead atoms. The first kappa shape index (κ1) is 13.6. The van der Waals surface area contributed by atoms with Crippen molar-refractivity contribution in [1.82, 2.24) is 15.6 Å². The molecule has 0 fully saturated rings. The Balaban J connectivity index is 2.33. The van der Waals surface area contributed by atoms with Gasteiger partial charge in [-0.2, -0.15) is 0 Å². The molecule has 1 aromatic rings. The highest BCUT2D eigenvalue weighted by Gasteiger charge is 2.09. The van der Waals surface area contributed by atoms with Gasteiger partial charge in [-0.1, -0.05) is 13.0 Å². The fraction of sp³-hybridized carbons (Fsp3) is 0.538. The Kier molecular flexibility index (Phi) is 5.63. The first-order valence-electron chi connectivity index (χ1n) is 6.07. The lowest BCUT2D eigenvalue weighted by molar-refractivity contribution is -0.121. The van der Waals surface area contributed by atoms with Crippen molar-refractivity contribution >= 4 is 5.91 Å². The third kappa shape index (κ3) is 4.95. The zero-order valence-electron chi connectivity index (χ0n) is 10.7. The van der Waals surface area contributed by atoms with E-state index < -0.39 is 0 Å². The summed E-state index contributed by atoms with van der Waals surface area (Å²) in [4.78, 5) is 15.8. The van der Waals surface area contributed by atoms with Crippen molar-refractivity contribution in [3.8, 4) is 0 Å². The summed E-state index contributed by atoms with van der Waals surface area (Å²) in [5.74, 6) is 0.0298. The topological polar surface area (TPSA) is 54.0 Å². The molecule has 0 aliphatic rings. The number of rotatable bonds is 6. The maximum atomic E-state index is 11.6. The smallest absolute Gasteiger partial charge is 0.234 e. The molecule has 1 unspecified atom stereocenters. The molecule has 0 spiro atoms. The van der Waals surface area contributed by atoms with Crippen LogP contribution in [0.15, 0.2) is 24.4 Å². The molecule has 2 N–H and O–H groups in total. The van der Waals surface area contributed by atoms with E-state index in [0.29, 0.717) is 6.54 Å². The van der Waals surface area contributed by atoms with Gasteiger partial charge in [0, 0.05) is 18.3 Å². The minimum absolute atomic E-state index is 0.0298. The van der Waals surface area contributed by atoms with Crippen molar-refractivity contribution in [2.75, 3.05) is 6.54 Å². The molecule has 1 aromatic heterocycles. The normalized spacial score (nSPS) is 14.1. The van der Waals surface area contributed by atoms with Gasteiger partial charge in [0.15, 0.2) is 0 Å². The third-order valence-electron chi connectivity index (χ3n) is 2.72. The van der Waals surface area contributed by atoms with Crippen LogP contribution in [0.4, 0.5) is 0 Å². The standard InChI is InChI=1S/C13H21N3O/c1-4-10(2)16-13(17)9-15-11(3)12-7-5-6-8-14-12/h5-8,10-11,15H,4,9H2,1-3H3,(H,16,17)/t10?,11-/m0/s1. The van der Waals surface area contributed by atoms with Gasteiger partial charge < -0.3 is 10.6 Å². The fourth-order valence-electron chi connectivity index (χ4n) is 1.41. The number of pyridine rings is 1. The minimum atomic E-state index is 0.0298. The largest absolute Gasteiger partial charge is 0.353 e. The second-order valence-corrected chi connectivity index (χ2v) is 4.23. The highest BCUT2D eigenvalue weighted by atomic mass is 16.1. The number of hydrogen-bond donors (Lipinski definition) is 2. The molecule has 0 radical (unpaired) electrons. The van der Waals surface area contributed by atoms with Crippen LogP contribution in [0.3, 0.4) is 0 Å². The van der Waals surface area contributed by atoms with E-state index in [1.807, 2.05) is 32.0 Å². The number of hydrogen-bond acceptors (Lipinski definition) is 3. The molecule has 1 heterocycles. The first-order valence-corrected chi connectivity index (χ1v) is 6.07. The van der Waals surface area contributed by atoms with E-state index in [1.165, 1.54) is 0 Å². The van der Waals surface area contributed by atoms with Crippen LogP contribution in [-0.4, -0.2) is 23.5 Å². The second-order valence-electron chi connectivity index (χ2n) is 4.23. The van der Waals surface area contributed by atoms with Gasteiger partial charge in [-0.05, 0) is 32.4 Å². The molecule has 0 aliphatic carbocycles. The monoisotopic (exact) mass is 235 g/mol. The molecule has 1 rings (SSSR count). The van der Waals surface area contributed by atoms with Crippen molar-refractivity contribution < 1.29 is 4.79 Å². The van der Waals surface area contributed by atoms with Crippen molar-refractivity contribution in [2.24, 2.45) is 0 Å². The summed E-state index contributed by atoms with van der Waals surface area (Å²) in [6, 6.07) is 6.09. The predicted octanol–water partition coefficient (Wildman–Crippen LogP) is 1.65. The number of amides is 1. The lowest BCUT2D eigenvalue weighted by Gasteiger charge is -2.15. The number of nitrogens with one attached hydrogen (secondary N) is 2. The third-order valence-corrected chi connectivity index (χ3v) is 2.72. The summed E-state index contributed by atoms with van der Waals surface area (Å²) in [6.07, 6.45) is 2.70. The number of nitrogens with zero attached hydrogens (tertiary/aromatic N) is 1. The maximum Gasteiger partial charge on any atom is 0.234 e. The van der Waals surface area contributed by atoms with E-state index in [-0.39, 0.29) is 18.0 Å². The molecular formula is C13H21N3O. The lowest BCUT2D eigenvalue weighted by Crippen LogP contribution is -2.39. The Morgan fingerprint density at radius 2 is 2.18 bits per heavy atom. The Morgan fingerprint density at radius 3 is 2.76 bits per heavy atom. The summed E-state index contributed by atoms with van der Waals surface area (Å²) in [5, 5.41) is 6.07. The van der Waals surface area contributed by atoms with Crippen LogP contribution in [-0.2, 0) is 4.79 Å². The van der Waals surface area contributed by atoms with E-state index in [2.05, 4.69) is 22.5 Å². The van der Waals surface area contributed by atoms with Crippen molar-refractivity contribution in [3.05, 3.63) is 30.1 Å². The van der Waals surface area contributed by atoms with Crippen molar-refractivity contribution in [1.29, 1.82) is 0 Å². The average molecular weight is 235 g/mol. The minimum Gasteiger partial charge on any atom is -0.353 e. The average Bonchev–Trinajstić information content (AvgIpc) is 2.36. The van der Waals surface area contributed by atoms with Gasteiger partial charge in [-0.3, -0.25) is 9.78 Å². The van der Waals surface area contributed by atoms with Crippen LogP contribution < -0.4 is 10.6 Å². The quantitative estimate of drug-likeness (QED) is 0.788. The van der Waals surface area contributed by atoms with E-state index >= 15 is 0 Å². The van der Waals surface area contributed by atoms with Crippen LogP contribution >= 0.6 is 0 Å². The molecular weight excluding hydrogens is 214 g/mol. The van der Waals surface area contributed by atoms with Crippen molar-refractivity contribution in [3.63, 3.8) is 0 Å². The molecule has 1 amide bonds. The molecule has 0 saturated carbocycles. The van der Waals surface area contributed by atoms with E-state index in [9.17, 15) is 4.79 Å². The summed E-state index contributed by atoms with van der Waals surface area (Å²) in [6.45, 7) is 6.37. The van der Waals surface area contributed by atoms with Crippen LogP contribution in [0.2, 0.25) is 0 Å². The summed E-state index contributed by atoms with van der Waals surface area (Å²) < 4.78 is 0. The van der Waals surface area contributed by atoms with Gasteiger partial charge in [-0.25, -0.2) is 0 Å². The first-order chi connectivity index (χ1) is 8.13. The lowest BCUT2D eigenvalue weighted by atomic mass is 10.2. The Morgan fingerprint density at radius 1 is 1.41 bits per heavy atom. The summed E-state index contributed by atoms with van der Waals surface area (Å²) in [7, 11) is 0. The zero-order valence-corrected chi connectivity index (χ0v) is 10.7.